The minimum Gasteiger partial charge on any atom is -0.352 e. The highest BCUT2D eigenvalue weighted by atomic mass is 35.5. The Kier molecular flexibility index (Phi) is 11.0. The maximum atomic E-state index is 14.1. The third kappa shape index (κ3) is 8.71. The number of hydrogen-bond acceptors (Lipinski definition) is 4. The Bertz CT molecular complexity index is 1430. The van der Waals surface area contributed by atoms with E-state index in [0.717, 1.165) is 27.3 Å². The molecule has 3 aromatic carbocycles. The van der Waals surface area contributed by atoms with Crippen LogP contribution in [0.3, 0.4) is 0 Å². The number of rotatable bonds is 12. The van der Waals surface area contributed by atoms with Crippen LogP contribution < -0.4 is 9.62 Å². The van der Waals surface area contributed by atoms with Crippen molar-refractivity contribution in [1.82, 2.24) is 10.2 Å². The molecule has 3 aromatic rings. The third-order valence-corrected chi connectivity index (χ3v) is 8.24. The summed E-state index contributed by atoms with van der Waals surface area (Å²) in [7, 11) is -3.95. The van der Waals surface area contributed by atoms with Crippen LogP contribution in [-0.4, -0.2) is 50.0 Å². The maximum absolute atomic E-state index is 14.1. The van der Waals surface area contributed by atoms with E-state index in [1.165, 1.54) is 23.1 Å². The molecule has 1 N–H and O–H groups in total. The van der Waals surface area contributed by atoms with Crippen molar-refractivity contribution >= 4 is 50.7 Å². The average molecular weight is 605 g/mol. The topological polar surface area (TPSA) is 86.8 Å². The number of nitrogens with zero attached hydrogens (tertiary/aromatic N) is 2. The van der Waals surface area contributed by atoms with Crippen LogP contribution in [0.1, 0.15) is 37.0 Å². The van der Waals surface area contributed by atoms with Crippen LogP contribution in [0.4, 0.5) is 5.69 Å². The van der Waals surface area contributed by atoms with Gasteiger partial charge in [-0.05, 0) is 49.6 Å². The predicted octanol–water partition coefficient (Wildman–Crippen LogP) is 5.62. The fraction of sp³-hybridized carbons (Fsp3) is 0.333. The van der Waals surface area contributed by atoms with Gasteiger partial charge in [0.05, 0.1) is 17.0 Å². The zero-order valence-electron chi connectivity index (χ0n) is 23.1. The lowest BCUT2D eigenvalue weighted by atomic mass is 10.0. The summed E-state index contributed by atoms with van der Waals surface area (Å²) in [5.41, 5.74) is 2.77. The van der Waals surface area contributed by atoms with Gasteiger partial charge in [-0.3, -0.25) is 13.9 Å². The SMILES string of the molecule is CC[C@H](C)NC(=O)[C@@H](Cc1ccccc1)N(Cc1cccc(C)c1)C(=O)CN(c1cc(Cl)ccc1Cl)S(C)(=O)=O. The summed E-state index contributed by atoms with van der Waals surface area (Å²) < 4.78 is 26.7. The van der Waals surface area contributed by atoms with Crippen LogP contribution in [0, 0.1) is 6.92 Å². The Hall–Kier alpha value is -3.07. The molecule has 214 valence electrons. The first-order valence-electron chi connectivity index (χ1n) is 13.0. The third-order valence-electron chi connectivity index (χ3n) is 6.56. The molecule has 0 aromatic heterocycles. The molecule has 3 rings (SSSR count). The summed E-state index contributed by atoms with van der Waals surface area (Å²) in [5.74, 6) is -0.867. The number of halogens is 2. The van der Waals surface area contributed by atoms with Crippen molar-refractivity contribution in [2.45, 2.75) is 52.2 Å². The lowest BCUT2D eigenvalue weighted by Gasteiger charge is -2.34. The van der Waals surface area contributed by atoms with E-state index in [1.807, 2.05) is 75.4 Å². The van der Waals surface area contributed by atoms with Gasteiger partial charge in [-0.2, -0.15) is 0 Å². The number of hydrogen-bond donors (Lipinski definition) is 1. The van der Waals surface area contributed by atoms with E-state index < -0.39 is 28.5 Å². The van der Waals surface area contributed by atoms with Crippen LogP contribution >= 0.6 is 23.2 Å². The highest BCUT2D eigenvalue weighted by Gasteiger charge is 2.34. The second kappa shape index (κ2) is 14.0. The molecule has 40 heavy (non-hydrogen) atoms. The van der Waals surface area contributed by atoms with Crippen molar-refractivity contribution < 1.29 is 18.0 Å². The number of carbonyl (C=O) groups excluding carboxylic acids is 2. The number of carbonyl (C=O) groups is 2. The second-order valence-corrected chi connectivity index (χ2v) is 12.6. The molecule has 7 nitrogen and oxygen atoms in total. The van der Waals surface area contributed by atoms with Gasteiger partial charge in [0.15, 0.2) is 0 Å². The van der Waals surface area contributed by atoms with Crippen LogP contribution in [0.25, 0.3) is 0 Å². The molecular formula is C30H35Cl2N3O4S. The van der Waals surface area contributed by atoms with Gasteiger partial charge < -0.3 is 10.2 Å². The van der Waals surface area contributed by atoms with Crippen LogP contribution in [0.15, 0.2) is 72.8 Å². The largest absolute Gasteiger partial charge is 0.352 e. The van der Waals surface area contributed by atoms with Crippen molar-refractivity contribution in [3.05, 3.63) is 99.5 Å². The van der Waals surface area contributed by atoms with Crippen molar-refractivity contribution in [3.63, 3.8) is 0 Å². The molecule has 0 bridgehead atoms. The molecule has 0 heterocycles. The van der Waals surface area contributed by atoms with Gasteiger partial charge in [-0.15, -0.1) is 0 Å². The van der Waals surface area contributed by atoms with E-state index >= 15 is 0 Å². The monoisotopic (exact) mass is 603 g/mol. The molecule has 0 saturated carbocycles. The number of benzene rings is 3. The van der Waals surface area contributed by atoms with Crippen LogP contribution in [-0.2, 0) is 32.6 Å². The lowest BCUT2D eigenvalue weighted by Crippen LogP contribution is -2.54. The summed E-state index contributed by atoms with van der Waals surface area (Å²) >= 11 is 12.5. The molecule has 2 amide bonds. The fourth-order valence-corrected chi connectivity index (χ4v) is 5.56. The van der Waals surface area contributed by atoms with Crippen molar-refractivity contribution in [1.29, 1.82) is 0 Å². The number of aryl methyl sites for hydroxylation is 1. The minimum atomic E-state index is -3.95. The Labute approximate surface area is 247 Å². The van der Waals surface area contributed by atoms with Gasteiger partial charge >= 0.3 is 0 Å². The van der Waals surface area contributed by atoms with E-state index in [9.17, 15) is 18.0 Å². The standard InChI is InChI=1S/C30H35Cl2N3O4S/c1-5-22(3)33-30(37)28(17-23-11-7-6-8-12-23)34(19-24-13-9-10-21(2)16-24)29(36)20-35(40(4,38)39)27-18-25(31)14-15-26(27)32/h6-16,18,22,28H,5,17,19-20H2,1-4H3,(H,33,37)/t22-,28+/m0/s1. The molecule has 2 atom stereocenters. The van der Waals surface area contributed by atoms with Crippen molar-refractivity contribution in [3.8, 4) is 0 Å². The molecule has 10 heteroatoms. The van der Waals surface area contributed by atoms with E-state index in [1.54, 1.807) is 0 Å². The average Bonchev–Trinajstić information content (AvgIpc) is 2.90. The summed E-state index contributed by atoms with van der Waals surface area (Å²) in [5, 5.41) is 3.41. The first kappa shape index (κ1) is 31.5. The summed E-state index contributed by atoms with van der Waals surface area (Å²) in [4.78, 5) is 29.3. The Balaban J connectivity index is 2.09. The van der Waals surface area contributed by atoms with Crippen LogP contribution in [0.5, 0.6) is 0 Å². The number of anilines is 1. The maximum Gasteiger partial charge on any atom is 0.244 e. The zero-order chi connectivity index (χ0) is 29.4. The molecule has 0 saturated heterocycles. The summed E-state index contributed by atoms with van der Waals surface area (Å²) in [6.07, 6.45) is 1.96. The first-order valence-corrected chi connectivity index (χ1v) is 15.6. The molecule has 0 aliphatic heterocycles. The number of sulfonamides is 1. The van der Waals surface area contributed by atoms with E-state index in [4.69, 9.17) is 23.2 Å². The van der Waals surface area contributed by atoms with Gasteiger partial charge in [-0.25, -0.2) is 8.42 Å². The fourth-order valence-electron chi connectivity index (χ4n) is 4.27. The molecule has 0 fully saturated rings. The molecule has 0 aliphatic rings. The zero-order valence-corrected chi connectivity index (χ0v) is 25.4. The molecule has 0 radical (unpaired) electrons. The van der Waals surface area contributed by atoms with Gasteiger partial charge in [0, 0.05) is 24.0 Å². The minimum absolute atomic E-state index is 0.0872. The van der Waals surface area contributed by atoms with E-state index in [0.29, 0.717) is 6.42 Å². The smallest absolute Gasteiger partial charge is 0.244 e. The lowest BCUT2D eigenvalue weighted by molar-refractivity contribution is -0.140. The molecule has 0 spiro atoms. The second-order valence-electron chi connectivity index (χ2n) is 9.90. The first-order chi connectivity index (χ1) is 18.9. The normalized spacial score (nSPS) is 12.8. The highest BCUT2D eigenvalue weighted by Crippen LogP contribution is 2.31. The quantitative estimate of drug-likeness (QED) is 0.291. The van der Waals surface area contributed by atoms with E-state index in [2.05, 4.69) is 5.32 Å². The van der Waals surface area contributed by atoms with Crippen molar-refractivity contribution in [2.24, 2.45) is 0 Å². The van der Waals surface area contributed by atoms with E-state index in [-0.39, 0.29) is 40.6 Å². The summed E-state index contributed by atoms with van der Waals surface area (Å²) in [6.45, 7) is 5.35. The number of nitrogens with one attached hydrogen (secondary N) is 1. The van der Waals surface area contributed by atoms with Gasteiger partial charge in [0.1, 0.15) is 12.6 Å². The predicted molar refractivity (Wildman–Crippen MR) is 162 cm³/mol. The van der Waals surface area contributed by atoms with Gasteiger partial charge in [0.25, 0.3) is 0 Å². The van der Waals surface area contributed by atoms with Gasteiger partial charge in [0.2, 0.25) is 21.8 Å². The molecular weight excluding hydrogens is 569 g/mol. The molecule has 0 aliphatic carbocycles. The van der Waals surface area contributed by atoms with Crippen LogP contribution in [0.2, 0.25) is 10.0 Å². The Morgan fingerprint density at radius 2 is 1.62 bits per heavy atom. The Morgan fingerprint density at radius 3 is 2.25 bits per heavy atom. The Morgan fingerprint density at radius 1 is 0.950 bits per heavy atom. The molecule has 0 unspecified atom stereocenters. The highest BCUT2D eigenvalue weighted by molar-refractivity contribution is 7.92. The van der Waals surface area contributed by atoms with Crippen molar-refractivity contribution in [2.75, 3.05) is 17.1 Å². The number of amides is 2. The van der Waals surface area contributed by atoms with Gasteiger partial charge in [-0.1, -0.05) is 90.3 Å². The summed E-state index contributed by atoms with van der Waals surface area (Å²) in [6, 6.07) is 20.5.